The van der Waals surface area contributed by atoms with E-state index in [0.29, 0.717) is 5.56 Å². The summed E-state index contributed by atoms with van der Waals surface area (Å²) in [6, 6.07) is 22.8. The molecule has 0 aliphatic carbocycles. The maximum absolute atomic E-state index is 12.6. The number of hydrogen-bond donors (Lipinski definition) is 1. The first-order chi connectivity index (χ1) is 11.3. The lowest BCUT2D eigenvalue weighted by Gasteiger charge is -2.20. The first kappa shape index (κ1) is 15.3. The Morgan fingerprint density at radius 2 is 1.43 bits per heavy atom. The Morgan fingerprint density at radius 3 is 1.96 bits per heavy atom. The van der Waals surface area contributed by atoms with Crippen molar-refractivity contribution in [3.8, 4) is 0 Å². The van der Waals surface area contributed by atoms with Crippen LogP contribution in [-0.2, 0) is 0 Å². The van der Waals surface area contributed by atoms with Gasteiger partial charge in [0.2, 0.25) is 0 Å². The lowest BCUT2D eigenvalue weighted by molar-refractivity contribution is 0.0943. The number of nitrogens with one attached hydrogen (secondary N) is 1. The average Bonchev–Trinajstić information content (AvgIpc) is 2.61. The van der Waals surface area contributed by atoms with Crippen molar-refractivity contribution in [2.75, 3.05) is 0 Å². The number of carbonyl (C=O) groups excluding carboxylic acids is 1. The van der Waals surface area contributed by atoms with Crippen LogP contribution in [0.3, 0.4) is 0 Å². The van der Waals surface area contributed by atoms with Gasteiger partial charge >= 0.3 is 0 Å². The van der Waals surface area contributed by atoms with Gasteiger partial charge in [-0.05, 0) is 23.3 Å². The van der Waals surface area contributed by atoms with Gasteiger partial charge < -0.3 is 5.32 Å². The molecule has 0 aliphatic heterocycles. The number of aromatic nitrogens is 1. The predicted octanol–water partition coefficient (Wildman–Crippen LogP) is 4.25. The van der Waals surface area contributed by atoms with Gasteiger partial charge in [0.1, 0.15) is 5.15 Å². The van der Waals surface area contributed by atoms with Crippen molar-refractivity contribution in [1.29, 1.82) is 0 Å². The third-order valence-electron chi connectivity index (χ3n) is 3.54. The molecule has 0 spiro atoms. The minimum atomic E-state index is -0.249. The molecule has 4 heteroatoms. The molecule has 1 heterocycles. The molecule has 1 N–H and O–H groups in total. The van der Waals surface area contributed by atoms with Gasteiger partial charge in [0, 0.05) is 6.20 Å². The minimum Gasteiger partial charge on any atom is -0.341 e. The van der Waals surface area contributed by atoms with Crippen molar-refractivity contribution in [3.05, 3.63) is 101 Å². The van der Waals surface area contributed by atoms with Crippen LogP contribution in [0, 0.1) is 0 Å². The molecule has 0 fully saturated rings. The molecule has 0 radical (unpaired) electrons. The Kier molecular flexibility index (Phi) is 4.69. The summed E-state index contributed by atoms with van der Waals surface area (Å²) >= 11 is 6.02. The zero-order valence-corrected chi connectivity index (χ0v) is 13.1. The second kappa shape index (κ2) is 7.07. The van der Waals surface area contributed by atoms with Crippen molar-refractivity contribution >= 4 is 17.5 Å². The van der Waals surface area contributed by atoms with Crippen molar-refractivity contribution < 1.29 is 4.79 Å². The molecule has 1 amide bonds. The molecule has 23 heavy (non-hydrogen) atoms. The number of pyridine rings is 1. The quantitative estimate of drug-likeness (QED) is 0.729. The van der Waals surface area contributed by atoms with Gasteiger partial charge in [-0.2, -0.15) is 0 Å². The van der Waals surface area contributed by atoms with Crippen LogP contribution in [0.5, 0.6) is 0 Å². The highest BCUT2D eigenvalue weighted by Crippen LogP contribution is 2.23. The summed E-state index contributed by atoms with van der Waals surface area (Å²) in [7, 11) is 0. The number of nitrogens with zero attached hydrogens (tertiary/aromatic N) is 1. The van der Waals surface area contributed by atoms with E-state index in [-0.39, 0.29) is 17.1 Å². The van der Waals surface area contributed by atoms with E-state index in [2.05, 4.69) is 10.3 Å². The molecule has 114 valence electrons. The fourth-order valence-corrected chi connectivity index (χ4v) is 2.62. The van der Waals surface area contributed by atoms with Gasteiger partial charge in [-0.25, -0.2) is 4.98 Å². The normalized spacial score (nSPS) is 10.5. The van der Waals surface area contributed by atoms with E-state index < -0.39 is 0 Å². The van der Waals surface area contributed by atoms with Gasteiger partial charge in [-0.1, -0.05) is 72.3 Å². The first-order valence-corrected chi connectivity index (χ1v) is 7.65. The Labute approximate surface area is 140 Å². The third-order valence-corrected chi connectivity index (χ3v) is 3.85. The topological polar surface area (TPSA) is 42.0 Å². The minimum absolute atomic E-state index is 0.199. The van der Waals surface area contributed by atoms with E-state index >= 15 is 0 Å². The van der Waals surface area contributed by atoms with Crippen LogP contribution < -0.4 is 5.32 Å². The summed E-state index contributed by atoms with van der Waals surface area (Å²) in [5, 5.41) is 3.24. The average molecular weight is 323 g/mol. The molecule has 3 aromatic rings. The van der Waals surface area contributed by atoms with Crippen molar-refractivity contribution in [2.45, 2.75) is 6.04 Å². The molecule has 0 unspecified atom stereocenters. The Balaban J connectivity index is 1.94. The summed E-state index contributed by atoms with van der Waals surface area (Å²) in [6.07, 6.45) is 1.56. The molecule has 0 aliphatic rings. The summed E-state index contributed by atoms with van der Waals surface area (Å²) in [5.74, 6) is -0.249. The molecule has 3 nitrogen and oxygen atoms in total. The summed E-state index contributed by atoms with van der Waals surface area (Å²) in [6.45, 7) is 0. The molecular formula is C19H15ClN2O. The van der Waals surface area contributed by atoms with Crippen molar-refractivity contribution in [3.63, 3.8) is 0 Å². The van der Waals surface area contributed by atoms with Crippen LogP contribution >= 0.6 is 11.6 Å². The number of hydrogen-bond acceptors (Lipinski definition) is 2. The van der Waals surface area contributed by atoms with Crippen LogP contribution in [0.2, 0.25) is 5.15 Å². The largest absolute Gasteiger partial charge is 0.341 e. The van der Waals surface area contributed by atoms with Gasteiger partial charge in [-0.3, -0.25) is 4.79 Å². The Bertz CT molecular complexity index is 751. The summed E-state index contributed by atoms with van der Waals surface area (Å²) in [5.41, 5.74) is 2.38. The molecule has 2 aromatic carbocycles. The SMILES string of the molecule is O=C(NC(c1ccccc1)c1ccccc1)c1cccnc1Cl. The number of rotatable bonds is 4. The molecular weight excluding hydrogens is 308 g/mol. The van der Waals surface area contributed by atoms with Crippen LogP contribution in [0.15, 0.2) is 79.0 Å². The third kappa shape index (κ3) is 3.58. The maximum Gasteiger partial charge on any atom is 0.255 e. The molecule has 0 saturated heterocycles. The highest BCUT2D eigenvalue weighted by Gasteiger charge is 2.19. The second-order valence-corrected chi connectivity index (χ2v) is 5.43. The fraction of sp³-hybridized carbons (Fsp3) is 0.0526. The van der Waals surface area contributed by atoms with Crippen LogP contribution in [-0.4, -0.2) is 10.9 Å². The van der Waals surface area contributed by atoms with E-state index in [1.807, 2.05) is 60.7 Å². The summed E-state index contributed by atoms with van der Waals surface area (Å²) < 4.78 is 0. The van der Waals surface area contributed by atoms with Gasteiger partial charge in [0.05, 0.1) is 11.6 Å². The number of benzene rings is 2. The van der Waals surface area contributed by atoms with Crippen LogP contribution in [0.4, 0.5) is 0 Å². The molecule has 0 saturated carbocycles. The number of carbonyl (C=O) groups is 1. The Morgan fingerprint density at radius 1 is 0.870 bits per heavy atom. The monoisotopic (exact) mass is 322 g/mol. The lowest BCUT2D eigenvalue weighted by Crippen LogP contribution is -2.29. The molecule has 1 aromatic heterocycles. The van der Waals surface area contributed by atoms with E-state index in [0.717, 1.165) is 11.1 Å². The maximum atomic E-state index is 12.6. The zero-order valence-electron chi connectivity index (χ0n) is 12.3. The summed E-state index contributed by atoms with van der Waals surface area (Å²) in [4.78, 5) is 16.5. The molecule has 3 rings (SSSR count). The first-order valence-electron chi connectivity index (χ1n) is 7.27. The standard InChI is InChI=1S/C19H15ClN2O/c20-18-16(12-7-13-21-18)19(23)22-17(14-8-3-1-4-9-14)15-10-5-2-6-11-15/h1-13,17H,(H,22,23). The van der Waals surface area contributed by atoms with E-state index in [1.54, 1.807) is 18.3 Å². The predicted molar refractivity (Wildman–Crippen MR) is 91.4 cm³/mol. The smallest absolute Gasteiger partial charge is 0.255 e. The van der Waals surface area contributed by atoms with E-state index in [4.69, 9.17) is 11.6 Å². The highest BCUT2D eigenvalue weighted by molar-refractivity contribution is 6.32. The van der Waals surface area contributed by atoms with Gasteiger partial charge in [0.25, 0.3) is 5.91 Å². The Hall–Kier alpha value is -2.65. The fourth-order valence-electron chi connectivity index (χ4n) is 2.41. The zero-order chi connectivity index (χ0) is 16.1. The van der Waals surface area contributed by atoms with E-state index in [9.17, 15) is 4.79 Å². The van der Waals surface area contributed by atoms with Gasteiger partial charge in [0.15, 0.2) is 0 Å². The van der Waals surface area contributed by atoms with Crippen LogP contribution in [0.25, 0.3) is 0 Å². The molecule has 0 bridgehead atoms. The highest BCUT2D eigenvalue weighted by atomic mass is 35.5. The van der Waals surface area contributed by atoms with Crippen molar-refractivity contribution in [1.82, 2.24) is 10.3 Å². The van der Waals surface area contributed by atoms with Crippen LogP contribution in [0.1, 0.15) is 27.5 Å². The van der Waals surface area contributed by atoms with E-state index in [1.165, 1.54) is 0 Å². The molecule has 0 atom stereocenters. The number of halogens is 1. The van der Waals surface area contributed by atoms with Crippen molar-refractivity contribution in [2.24, 2.45) is 0 Å². The second-order valence-electron chi connectivity index (χ2n) is 5.07. The number of amides is 1. The lowest BCUT2D eigenvalue weighted by atomic mass is 9.98. The van der Waals surface area contributed by atoms with Gasteiger partial charge in [-0.15, -0.1) is 0 Å².